The van der Waals surface area contributed by atoms with Gasteiger partial charge < -0.3 is 0 Å². The van der Waals surface area contributed by atoms with Crippen molar-refractivity contribution in [1.29, 1.82) is 0 Å². The molecule has 0 bridgehead atoms. The van der Waals surface area contributed by atoms with Crippen LogP contribution in [0.3, 0.4) is 0 Å². The summed E-state index contributed by atoms with van der Waals surface area (Å²) in [6.07, 6.45) is 0.753. The summed E-state index contributed by atoms with van der Waals surface area (Å²) in [5, 5.41) is 12.8. The highest BCUT2D eigenvalue weighted by molar-refractivity contribution is 5.75. The Labute approximate surface area is 62.3 Å². The molecule has 4 N–H and O–H groups in total. The number of hydrogen-bond acceptors (Lipinski definition) is 5. The van der Waals surface area contributed by atoms with Crippen molar-refractivity contribution in [1.82, 2.24) is 26.0 Å². The molecule has 0 atom stereocenters. The van der Waals surface area contributed by atoms with Crippen molar-refractivity contribution in [2.75, 3.05) is 0 Å². The molecular weight excluding hydrogens is 148 g/mol. The first-order chi connectivity index (χ1) is 5.33. The summed E-state index contributed by atoms with van der Waals surface area (Å²) < 4.78 is 0. The molecule has 0 aliphatic rings. The van der Waals surface area contributed by atoms with Gasteiger partial charge in [0, 0.05) is 12.8 Å². The molecule has 60 valence electrons. The lowest BCUT2D eigenvalue weighted by molar-refractivity contribution is -0.121. The normalized spacial score (nSPS) is 9.55. The fourth-order valence-corrected chi connectivity index (χ4v) is 0.589. The standard InChI is InChI=1S/C4H8N6O/c5-6-4(11)2-1-3-7-9-10-8-3/h1-2,5H2,(H,6,11)(H,7,8,9,10). The zero-order chi connectivity index (χ0) is 8.10. The number of H-pyrrole nitrogens is 1. The van der Waals surface area contributed by atoms with Gasteiger partial charge in [-0.2, -0.15) is 0 Å². The largest absolute Gasteiger partial charge is 0.294 e. The number of tetrazole rings is 1. The number of aromatic amines is 1. The van der Waals surface area contributed by atoms with E-state index in [-0.39, 0.29) is 12.3 Å². The van der Waals surface area contributed by atoms with Gasteiger partial charge in [0.05, 0.1) is 0 Å². The number of nitrogens with zero attached hydrogens (tertiary/aromatic N) is 3. The topological polar surface area (TPSA) is 110 Å². The first-order valence-corrected chi connectivity index (χ1v) is 3.05. The molecule has 0 unspecified atom stereocenters. The number of rotatable bonds is 3. The van der Waals surface area contributed by atoms with Gasteiger partial charge in [0.25, 0.3) is 0 Å². The lowest BCUT2D eigenvalue weighted by atomic mass is 10.3. The number of aryl methyl sites for hydroxylation is 1. The maximum atomic E-state index is 10.6. The minimum Gasteiger partial charge on any atom is -0.294 e. The van der Waals surface area contributed by atoms with Crippen LogP contribution in [0.1, 0.15) is 12.2 Å². The summed E-state index contributed by atoms with van der Waals surface area (Å²) in [4.78, 5) is 10.6. The van der Waals surface area contributed by atoms with Crippen molar-refractivity contribution in [3.63, 3.8) is 0 Å². The third-order valence-electron chi connectivity index (χ3n) is 1.14. The molecule has 0 saturated carbocycles. The van der Waals surface area contributed by atoms with Gasteiger partial charge in [0.15, 0.2) is 0 Å². The number of amides is 1. The van der Waals surface area contributed by atoms with Gasteiger partial charge in [0.1, 0.15) is 5.82 Å². The average Bonchev–Trinajstić information content (AvgIpc) is 2.52. The van der Waals surface area contributed by atoms with E-state index in [1.807, 2.05) is 5.43 Å². The molecule has 7 nitrogen and oxygen atoms in total. The quantitative estimate of drug-likeness (QED) is 0.269. The number of hydrogen-bond donors (Lipinski definition) is 3. The van der Waals surface area contributed by atoms with Gasteiger partial charge in [-0.15, -0.1) is 5.10 Å². The number of carbonyl (C=O) groups is 1. The smallest absolute Gasteiger partial charge is 0.234 e. The Balaban J connectivity index is 2.29. The Bertz CT molecular complexity index is 218. The van der Waals surface area contributed by atoms with Crippen molar-refractivity contribution >= 4 is 5.91 Å². The number of nitrogens with two attached hydrogens (primary N) is 1. The summed E-state index contributed by atoms with van der Waals surface area (Å²) in [5.74, 6) is 5.19. The fourth-order valence-electron chi connectivity index (χ4n) is 0.589. The van der Waals surface area contributed by atoms with Crippen molar-refractivity contribution < 1.29 is 4.79 Å². The summed E-state index contributed by atoms with van der Waals surface area (Å²) in [6, 6.07) is 0. The van der Waals surface area contributed by atoms with Crippen LogP contribution in [0.4, 0.5) is 0 Å². The van der Waals surface area contributed by atoms with E-state index in [4.69, 9.17) is 5.84 Å². The van der Waals surface area contributed by atoms with E-state index in [1.165, 1.54) is 0 Å². The molecule has 0 aromatic carbocycles. The van der Waals surface area contributed by atoms with Crippen LogP contribution in [0.5, 0.6) is 0 Å². The molecule has 1 aromatic heterocycles. The molecule has 7 heteroatoms. The van der Waals surface area contributed by atoms with Crippen LogP contribution in [-0.2, 0) is 11.2 Å². The minimum absolute atomic E-state index is 0.235. The lowest BCUT2D eigenvalue weighted by Gasteiger charge is -1.94. The average molecular weight is 156 g/mol. The zero-order valence-electron chi connectivity index (χ0n) is 5.74. The van der Waals surface area contributed by atoms with Crippen LogP contribution in [0.25, 0.3) is 0 Å². The number of nitrogens with one attached hydrogen (secondary N) is 2. The second-order valence-electron chi connectivity index (χ2n) is 1.92. The van der Waals surface area contributed by atoms with Crippen LogP contribution in [0, 0.1) is 0 Å². The number of aromatic nitrogens is 4. The van der Waals surface area contributed by atoms with E-state index in [1.54, 1.807) is 0 Å². The van der Waals surface area contributed by atoms with E-state index in [0.717, 1.165) is 0 Å². The summed E-state index contributed by atoms with van der Waals surface area (Å²) >= 11 is 0. The Morgan fingerprint density at radius 2 is 2.55 bits per heavy atom. The SMILES string of the molecule is NNC(=O)CCc1nnn[nH]1. The second-order valence-corrected chi connectivity index (χ2v) is 1.92. The summed E-state index contributed by atoms with van der Waals surface area (Å²) in [7, 11) is 0. The molecule has 11 heavy (non-hydrogen) atoms. The van der Waals surface area contributed by atoms with Crippen LogP contribution in [0.15, 0.2) is 0 Å². The second kappa shape index (κ2) is 3.62. The third kappa shape index (κ3) is 2.30. The van der Waals surface area contributed by atoms with Gasteiger partial charge in [-0.1, -0.05) is 0 Å². The summed E-state index contributed by atoms with van der Waals surface area (Å²) in [5.41, 5.74) is 2.01. The van der Waals surface area contributed by atoms with Crippen LogP contribution in [-0.4, -0.2) is 26.5 Å². The van der Waals surface area contributed by atoms with E-state index < -0.39 is 0 Å². The molecule has 0 radical (unpaired) electrons. The molecule has 1 amide bonds. The first kappa shape index (κ1) is 7.61. The number of carbonyl (C=O) groups excluding carboxylic acids is 1. The van der Waals surface area contributed by atoms with Crippen molar-refractivity contribution in [3.8, 4) is 0 Å². The molecule has 0 spiro atoms. The minimum atomic E-state index is -0.235. The van der Waals surface area contributed by atoms with Gasteiger partial charge in [0.2, 0.25) is 5.91 Å². The molecule has 1 heterocycles. The molecule has 0 aliphatic carbocycles. The van der Waals surface area contributed by atoms with Gasteiger partial charge in [-0.05, 0) is 10.4 Å². The van der Waals surface area contributed by atoms with Crippen LogP contribution < -0.4 is 11.3 Å². The maximum absolute atomic E-state index is 10.6. The molecule has 1 aromatic rings. The van der Waals surface area contributed by atoms with Gasteiger partial charge in [-0.25, -0.2) is 10.9 Å². The van der Waals surface area contributed by atoms with Gasteiger partial charge >= 0.3 is 0 Å². The van der Waals surface area contributed by atoms with E-state index >= 15 is 0 Å². The van der Waals surface area contributed by atoms with Crippen molar-refractivity contribution in [2.45, 2.75) is 12.8 Å². The molecule has 0 saturated heterocycles. The molecule has 0 aliphatic heterocycles. The predicted octanol–water partition coefficient (Wildman–Crippen LogP) is -1.88. The highest BCUT2D eigenvalue weighted by Crippen LogP contribution is 1.90. The Morgan fingerprint density at radius 1 is 1.73 bits per heavy atom. The Morgan fingerprint density at radius 3 is 3.09 bits per heavy atom. The number of hydrazine groups is 1. The van der Waals surface area contributed by atoms with Crippen LogP contribution >= 0.6 is 0 Å². The molecule has 1 rings (SSSR count). The summed E-state index contributed by atoms with van der Waals surface area (Å²) in [6.45, 7) is 0. The predicted molar refractivity (Wildman–Crippen MR) is 34.8 cm³/mol. The van der Waals surface area contributed by atoms with Crippen molar-refractivity contribution in [2.24, 2.45) is 5.84 Å². The zero-order valence-corrected chi connectivity index (χ0v) is 5.74. The van der Waals surface area contributed by atoms with E-state index in [0.29, 0.717) is 12.2 Å². The monoisotopic (exact) mass is 156 g/mol. The van der Waals surface area contributed by atoms with Crippen molar-refractivity contribution in [3.05, 3.63) is 5.82 Å². The Hall–Kier alpha value is -1.50. The molecular formula is C4H8N6O. The van der Waals surface area contributed by atoms with E-state index in [2.05, 4.69) is 20.6 Å². The maximum Gasteiger partial charge on any atom is 0.234 e. The molecule has 0 fully saturated rings. The third-order valence-corrected chi connectivity index (χ3v) is 1.14. The van der Waals surface area contributed by atoms with Gasteiger partial charge in [-0.3, -0.25) is 10.2 Å². The highest BCUT2D eigenvalue weighted by Gasteiger charge is 2.01. The Kier molecular flexibility index (Phi) is 2.50. The van der Waals surface area contributed by atoms with Crippen LogP contribution in [0.2, 0.25) is 0 Å². The highest BCUT2D eigenvalue weighted by atomic mass is 16.2. The van der Waals surface area contributed by atoms with E-state index in [9.17, 15) is 4.79 Å². The lowest BCUT2D eigenvalue weighted by Crippen LogP contribution is -2.30. The fraction of sp³-hybridized carbons (Fsp3) is 0.500. The first-order valence-electron chi connectivity index (χ1n) is 3.05.